The molecule has 2 heterocycles. The third kappa shape index (κ3) is 4.78. The Morgan fingerprint density at radius 3 is 2.67 bits per heavy atom. The van der Waals surface area contributed by atoms with Gasteiger partial charge in [0.05, 0.1) is 23.8 Å². The SMILES string of the molecule is CN=C(NCc1csc(C(C)C)n1)NCc1ncc(C)s1. The van der Waals surface area contributed by atoms with E-state index in [0.29, 0.717) is 19.0 Å². The first kappa shape index (κ1) is 15.9. The highest BCUT2D eigenvalue weighted by atomic mass is 32.1. The van der Waals surface area contributed by atoms with E-state index in [9.17, 15) is 0 Å². The Labute approximate surface area is 133 Å². The number of hydrogen-bond acceptors (Lipinski definition) is 5. The number of rotatable bonds is 5. The van der Waals surface area contributed by atoms with Crippen molar-refractivity contribution in [1.82, 2.24) is 20.6 Å². The maximum absolute atomic E-state index is 4.60. The zero-order valence-corrected chi connectivity index (χ0v) is 14.4. The number of guanidine groups is 1. The molecule has 0 unspecified atom stereocenters. The van der Waals surface area contributed by atoms with Gasteiger partial charge in [0, 0.05) is 29.4 Å². The summed E-state index contributed by atoms with van der Waals surface area (Å²) >= 11 is 3.40. The highest BCUT2D eigenvalue weighted by Gasteiger charge is 2.07. The number of nitrogens with one attached hydrogen (secondary N) is 2. The zero-order chi connectivity index (χ0) is 15.2. The van der Waals surface area contributed by atoms with Crippen LogP contribution in [0.3, 0.4) is 0 Å². The lowest BCUT2D eigenvalue weighted by Gasteiger charge is -2.09. The summed E-state index contributed by atoms with van der Waals surface area (Å²) in [6, 6.07) is 0. The van der Waals surface area contributed by atoms with E-state index in [1.54, 1.807) is 29.7 Å². The van der Waals surface area contributed by atoms with Gasteiger partial charge in [-0.2, -0.15) is 0 Å². The summed E-state index contributed by atoms with van der Waals surface area (Å²) < 4.78 is 0. The van der Waals surface area contributed by atoms with Crippen molar-refractivity contribution in [2.45, 2.75) is 39.8 Å². The predicted octanol–water partition coefficient (Wildman–Crippen LogP) is 2.90. The lowest BCUT2D eigenvalue weighted by atomic mass is 10.2. The van der Waals surface area contributed by atoms with Crippen LogP contribution < -0.4 is 10.6 Å². The molecule has 2 rings (SSSR count). The van der Waals surface area contributed by atoms with Crippen LogP contribution in [0.25, 0.3) is 0 Å². The van der Waals surface area contributed by atoms with E-state index in [4.69, 9.17) is 0 Å². The minimum absolute atomic E-state index is 0.481. The largest absolute Gasteiger partial charge is 0.351 e. The Bertz CT molecular complexity index is 600. The fourth-order valence-electron chi connectivity index (χ4n) is 1.71. The molecule has 0 atom stereocenters. The van der Waals surface area contributed by atoms with Crippen molar-refractivity contribution in [3.8, 4) is 0 Å². The van der Waals surface area contributed by atoms with Gasteiger partial charge in [0.1, 0.15) is 5.01 Å². The third-order valence-corrected chi connectivity index (χ3v) is 4.91. The number of nitrogens with zero attached hydrogens (tertiary/aromatic N) is 3. The van der Waals surface area contributed by atoms with Crippen molar-refractivity contribution < 1.29 is 0 Å². The van der Waals surface area contributed by atoms with Crippen LogP contribution in [-0.4, -0.2) is 23.0 Å². The molecule has 0 saturated carbocycles. The summed E-state index contributed by atoms with van der Waals surface area (Å²) in [5.41, 5.74) is 1.05. The molecule has 5 nitrogen and oxygen atoms in total. The molecule has 0 radical (unpaired) electrons. The van der Waals surface area contributed by atoms with E-state index in [1.807, 2.05) is 6.20 Å². The first-order chi connectivity index (χ1) is 10.1. The van der Waals surface area contributed by atoms with Gasteiger partial charge in [0.25, 0.3) is 0 Å². The van der Waals surface area contributed by atoms with Crippen molar-refractivity contribution in [2.24, 2.45) is 4.99 Å². The molecule has 0 spiro atoms. The van der Waals surface area contributed by atoms with Gasteiger partial charge in [0.15, 0.2) is 5.96 Å². The van der Waals surface area contributed by atoms with Crippen LogP contribution in [0.4, 0.5) is 0 Å². The second-order valence-electron chi connectivity index (χ2n) is 4.98. The minimum atomic E-state index is 0.481. The fraction of sp³-hybridized carbons (Fsp3) is 0.500. The standard InChI is InChI=1S/C14H21N5S2/c1-9(2)13-19-11(8-20-13)6-17-14(15-4)18-7-12-16-5-10(3)21-12/h5,8-9H,6-7H2,1-4H3,(H2,15,17,18). The van der Waals surface area contributed by atoms with Gasteiger partial charge in [-0.3, -0.25) is 4.99 Å². The second kappa shape index (κ2) is 7.51. The molecule has 2 N–H and O–H groups in total. The fourth-order valence-corrected chi connectivity index (χ4v) is 3.27. The Hall–Kier alpha value is -1.47. The van der Waals surface area contributed by atoms with E-state index < -0.39 is 0 Å². The van der Waals surface area contributed by atoms with Crippen molar-refractivity contribution in [3.05, 3.63) is 32.2 Å². The van der Waals surface area contributed by atoms with Gasteiger partial charge in [-0.15, -0.1) is 22.7 Å². The van der Waals surface area contributed by atoms with Crippen LogP contribution in [0.2, 0.25) is 0 Å². The zero-order valence-electron chi connectivity index (χ0n) is 12.8. The lowest BCUT2D eigenvalue weighted by molar-refractivity contribution is 0.781. The Morgan fingerprint density at radius 1 is 1.33 bits per heavy atom. The molecule has 7 heteroatoms. The van der Waals surface area contributed by atoms with E-state index in [-0.39, 0.29) is 0 Å². The summed E-state index contributed by atoms with van der Waals surface area (Å²) in [5.74, 6) is 1.25. The smallest absolute Gasteiger partial charge is 0.191 e. The Kier molecular flexibility index (Phi) is 5.69. The molecular formula is C14H21N5S2. The maximum Gasteiger partial charge on any atom is 0.191 e. The molecule has 0 fully saturated rings. The van der Waals surface area contributed by atoms with Crippen LogP contribution in [0, 0.1) is 6.92 Å². The van der Waals surface area contributed by atoms with Gasteiger partial charge < -0.3 is 10.6 Å². The number of aromatic nitrogens is 2. The highest BCUT2D eigenvalue weighted by molar-refractivity contribution is 7.11. The van der Waals surface area contributed by atoms with Crippen LogP contribution in [-0.2, 0) is 13.1 Å². The van der Waals surface area contributed by atoms with Crippen LogP contribution in [0.15, 0.2) is 16.6 Å². The number of hydrogen-bond donors (Lipinski definition) is 2. The van der Waals surface area contributed by atoms with Gasteiger partial charge in [-0.05, 0) is 6.92 Å². The monoisotopic (exact) mass is 323 g/mol. The Balaban J connectivity index is 1.82. The van der Waals surface area contributed by atoms with Gasteiger partial charge in [-0.25, -0.2) is 9.97 Å². The van der Waals surface area contributed by atoms with Crippen molar-refractivity contribution in [3.63, 3.8) is 0 Å². The van der Waals surface area contributed by atoms with E-state index in [2.05, 4.69) is 51.7 Å². The van der Waals surface area contributed by atoms with E-state index in [0.717, 1.165) is 16.7 Å². The van der Waals surface area contributed by atoms with E-state index >= 15 is 0 Å². The summed E-state index contributed by atoms with van der Waals surface area (Å²) in [4.78, 5) is 14.4. The predicted molar refractivity (Wildman–Crippen MR) is 90.1 cm³/mol. The molecular weight excluding hydrogens is 302 g/mol. The van der Waals surface area contributed by atoms with Crippen LogP contribution in [0.1, 0.15) is 40.4 Å². The molecule has 0 aliphatic heterocycles. The number of aryl methyl sites for hydroxylation is 1. The highest BCUT2D eigenvalue weighted by Crippen LogP contribution is 2.18. The molecule has 0 aliphatic carbocycles. The first-order valence-corrected chi connectivity index (χ1v) is 8.58. The second-order valence-corrected chi connectivity index (χ2v) is 7.18. The van der Waals surface area contributed by atoms with Crippen LogP contribution >= 0.6 is 22.7 Å². The van der Waals surface area contributed by atoms with E-state index in [1.165, 1.54) is 9.88 Å². The number of aliphatic imine (C=N–C) groups is 1. The molecule has 0 bridgehead atoms. The summed E-state index contributed by atoms with van der Waals surface area (Å²) in [6.07, 6.45) is 1.89. The van der Waals surface area contributed by atoms with Gasteiger partial charge >= 0.3 is 0 Å². The third-order valence-electron chi connectivity index (χ3n) is 2.80. The Morgan fingerprint density at radius 2 is 2.10 bits per heavy atom. The molecule has 0 amide bonds. The molecule has 0 aromatic carbocycles. The van der Waals surface area contributed by atoms with Crippen molar-refractivity contribution >= 4 is 28.6 Å². The molecule has 0 aliphatic rings. The number of thiazole rings is 2. The summed E-state index contributed by atoms with van der Waals surface area (Å²) in [5, 5.41) is 10.9. The normalized spacial score (nSPS) is 12.0. The molecule has 2 aromatic rings. The maximum atomic E-state index is 4.60. The van der Waals surface area contributed by atoms with Crippen molar-refractivity contribution in [2.75, 3.05) is 7.05 Å². The molecule has 0 saturated heterocycles. The summed E-state index contributed by atoms with van der Waals surface area (Å²) in [6.45, 7) is 7.74. The van der Waals surface area contributed by atoms with Crippen LogP contribution in [0.5, 0.6) is 0 Å². The minimum Gasteiger partial charge on any atom is -0.351 e. The molecule has 114 valence electrons. The molecule has 2 aromatic heterocycles. The average Bonchev–Trinajstić information content (AvgIpc) is 3.08. The van der Waals surface area contributed by atoms with Crippen molar-refractivity contribution in [1.29, 1.82) is 0 Å². The quantitative estimate of drug-likeness (QED) is 0.656. The topological polar surface area (TPSA) is 62.2 Å². The molecule has 21 heavy (non-hydrogen) atoms. The summed E-state index contributed by atoms with van der Waals surface area (Å²) in [7, 11) is 1.77. The lowest BCUT2D eigenvalue weighted by Crippen LogP contribution is -2.36. The van der Waals surface area contributed by atoms with Gasteiger partial charge in [0.2, 0.25) is 0 Å². The van der Waals surface area contributed by atoms with Gasteiger partial charge in [-0.1, -0.05) is 13.8 Å². The average molecular weight is 323 g/mol. The first-order valence-electron chi connectivity index (χ1n) is 6.88.